The predicted octanol–water partition coefficient (Wildman–Crippen LogP) is 6.15. The molecule has 0 saturated carbocycles. The van der Waals surface area contributed by atoms with Crippen LogP contribution < -0.4 is 5.14 Å². The first kappa shape index (κ1) is 32.2. The molecular formula is C36H41ClFN5O3S. The van der Waals surface area contributed by atoms with Gasteiger partial charge in [-0.25, -0.2) is 22.9 Å². The topological polar surface area (TPSA) is 102 Å². The van der Waals surface area contributed by atoms with E-state index in [1.807, 2.05) is 17.0 Å². The number of fused-ring (bicyclic) bond motifs is 3. The van der Waals surface area contributed by atoms with Gasteiger partial charge in [-0.1, -0.05) is 48.0 Å². The van der Waals surface area contributed by atoms with E-state index in [0.29, 0.717) is 36.8 Å². The molecule has 2 N–H and O–H groups in total. The Morgan fingerprint density at radius 2 is 1.70 bits per heavy atom. The molecule has 4 heterocycles. The molecule has 2 atom stereocenters. The number of sulfonamides is 1. The Morgan fingerprint density at radius 1 is 1.00 bits per heavy atom. The zero-order chi connectivity index (χ0) is 32.9. The van der Waals surface area contributed by atoms with Crippen LogP contribution in [0.4, 0.5) is 4.39 Å². The molecule has 1 amide bonds. The molecule has 3 aliphatic heterocycles. The summed E-state index contributed by atoms with van der Waals surface area (Å²) in [6, 6.07) is 21.4. The van der Waals surface area contributed by atoms with Gasteiger partial charge in [0.05, 0.1) is 22.5 Å². The fraction of sp³-hybridized carbons (Fsp3) is 0.444. The van der Waals surface area contributed by atoms with Gasteiger partial charge in [-0.3, -0.25) is 9.69 Å². The highest BCUT2D eigenvalue weighted by Crippen LogP contribution is 2.45. The summed E-state index contributed by atoms with van der Waals surface area (Å²) in [5, 5.41) is 5.30. The number of likely N-dealkylation sites (tertiary alicyclic amines) is 1. The van der Waals surface area contributed by atoms with Crippen LogP contribution in [0.25, 0.3) is 11.0 Å². The number of nitrogens with two attached hydrogens (primary N) is 1. The van der Waals surface area contributed by atoms with E-state index >= 15 is 0 Å². The highest BCUT2D eigenvalue weighted by atomic mass is 35.5. The molecule has 0 spiro atoms. The van der Waals surface area contributed by atoms with Crippen LogP contribution >= 0.6 is 11.6 Å². The maximum atomic E-state index is 14.6. The molecule has 7 rings (SSSR count). The Hall–Kier alpha value is -3.31. The molecule has 2 bridgehead atoms. The van der Waals surface area contributed by atoms with Crippen molar-refractivity contribution in [1.29, 1.82) is 0 Å². The fourth-order valence-corrected chi connectivity index (χ4v) is 9.83. The number of nitrogens with zero attached hydrogens (tertiary/aromatic N) is 4. The van der Waals surface area contributed by atoms with Gasteiger partial charge in [0.15, 0.2) is 0 Å². The predicted molar refractivity (Wildman–Crippen MR) is 181 cm³/mol. The second kappa shape index (κ2) is 12.6. The van der Waals surface area contributed by atoms with Gasteiger partial charge >= 0.3 is 0 Å². The molecule has 2 unspecified atom stereocenters. The normalized spacial score (nSPS) is 23.0. The third kappa shape index (κ3) is 6.21. The molecule has 0 radical (unpaired) electrons. The van der Waals surface area contributed by atoms with E-state index in [0.717, 1.165) is 55.6 Å². The summed E-state index contributed by atoms with van der Waals surface area (Å²) in [6.45, 7) is 4.12. The summed E-state index contributed by atoms with van der Waals surface area (Å²) in [5.74, 6) is 0.720. The highest BCUT2D eigenvalue weighted by Gasteiger charge is 2.44. The second-order valence-corrected chi connectivity index (χ2v) is 15.5. The summed E-state index contributed by atoms with van der Waals surface area (Å²) in [6.07, 6.45) is 6.90. The lowest BCUT2D eigenvalue weighted by Gasteiger charge is -2.45. The third-order valence-corrected chi connectivity index (χ3v) is 12.6. The molecule has 1 aromatic heterocycles. The van der Waals surface area contributed by atoms with Gasteiger partial charge in [0.25, 0.3) is 0 Å². The van der Waals surface area contributed by atoms with Crippen molar-refractivity contribution in [2.45, 2.75) is 86.7 Å². The van der Waals surface area contributed by atoms with Gasteiger partial charge in [-0.15, -0.1) is 0 Å². The number of amides is 1. The molecular weight excluding hydrogens is 637 g/mol. The van der Waals surface area contributed by atoms with Gasteiger partial charge in [-0.05, 0) is 105 Å². The van der Waals surface area contributed by atoms with Crippen LogP contribution in [-0.4, -0.2) is 65.4 Å². The van der Waals surface area contributed by atoms with Crippen molar-refractivity contribution in [2.75, 3.05) is 19.6 Å². The lowest BCUT2D eigenvalue weighted by atomic mass is 9.70. The Morgan fingerprint density at radius 3 is 2.40 bits per heavy atom. The van der Waals surface area contributed by atoms with Crippen molar-refractivity contribution in [2.24, 2.45) is 5.14 Å². The Balaban J connectivity index is 1.05. The van der Waals surface area contributed by atoms with Crippen molar-refractivity contribution in [3.05, 3.63) is 94.5 Å². The van der Waals surface area contributed by atoms with Crippen molar-refractivity contribution in [1.82, 2.24) is 19.4 Å². The number of benzene rings is 3. The first-order chi connectivity index (χ1) is 22.5. The van der Waals surface area contributed by atoms with Crippen molar-refractivity contribution >= 4 is 38.6 Å². The fourth-order valence-electron chi connectivity index (χ4n) is 8.66. The first-order valence-electron chi connectivity index (χ1n) is 16.6. The molecule has 11 heteroatoms. The van der Waals surface area contributed by atoms with E-state index in [9.17, 15) is 17.6 Å². The average Bonchev–Trinajstić information content (AvgIpc) is 3.50. The third-order valence-electron chi connectivity index (χ3n) is 11.0. The Kier molecular flexibility index (Phi) is 8.66. The molecule has 3 fully saturated rings. The quantitative estimate of drug-likeness (QED) is 0.241. The van der Waals surface area contributed by atoms with Gasteiger partial charge in [0.2, 0.25) is 15.9 Å². The number of piperidine rings is 2. The summed E-state index contributed by atoms with van der Waals surface area (Å²) in [7, 11) is -4.01. The number of carbonyl (C=O) groups excluding carboxylic acids is 1. The van der Waals surface area contributed by atoms with Crippen LogP contribution in [0, 0.1) is 12.7 Å². The SMILES string of the molecule is Cc1nc2ccccc2n1C1CC2CCC(C1)N2CCC1(c2cccc(F)c2)CCN(C(=O)Cc2cccc(S(N)(=O)=O)c2Cl)CC1. The van der Waals surface area contributed by atoms with E-state index in [1.165, 1.54) is 30.5 Å². The maximum absolute atomic E-state index is 14.6. The number of hydrogen-bond donors (Lipinski definition) is 1. The smallest absolute Gasteiger partial charge is 0.239 e. The molecule has 0 aliphatic carbocycles. The lowest BCUT2D eigenvalue weighted by molar-refractivity contribution is -0.132. The van der Waals surface area contributed by atoms with Crippen LogP contribution in [0.1, 0.15) is 67.9 Å². The summed E-state index contributed by atoms with van der Waals surface area (Å²) in [4.78, 5) is 22.6. The molecule has 3 saturated heterocycles. The first-order valence-corrected chi connectivity index (χ1v) is 18.5. The number of halogens is 2. The minimum Gasteiger partial charge on any atom is -0.342 e. The van der Waals surface area contributed by atoms with Gasteiger partial charge < -0.3 is 9.47 Å². The number of aromatic nitrogens is 2. The van der Waals surface area contributed by atoms with E-state index < -0.39 is 10.0 Å². The Bertz CT molecular complexity index is 1910. The zero-order valence-corrected chi connectivity index (χ0v) is 28.2. The minimum absolute atomic E-state index is 0.00995. The molecule has 4 aromatic rings. The standard InChI is InChI=1S/C36H41ClFN5O3S/c1-24-40-31-9-2-3-10-32(31)43(24)30-22-28-12-13-29(23-30)42(28)19-16-36(26-7-5-8-27(38)21-26)14-17-41(18-15-36)34(44)20-25-6-4-11-33(35(25)37)47(39,45)46/h2-11,21,28-30H,12-20,22-23H2,1H3,(H2,39,45,46). The van der Waals surface area contributed by atoms with Gasteiger partial charge in [0, 0.05) is 31.2 Å². The van der Waals surface area contributed by atoms with Crippen LogP contribution in [0.2, 0.25) is 5.02 Å². The van der Waals surface area contributed by atoms with Crippen LogP contribution in [0.5, 0.6) is 0 Å². The number of rotatable bonds is 8. The molecule has 3 aromatic carbocycles. The molecule has 47 heavy (non-hydrogen) atoms. The number of imidazole rings is 1. The van der Waals surface area contributed by atoms with Crippen molar-refractivity contribution < 1.29 is 17.6 Å². The van der Waals surface area contributed by atoms with Gasteiger partial charge in [-0.2, -0.15) is 0 Å². The minimum atomic E-state index is -4.01. The second-order valence-electron chi connectivity index (χ2n) is 13.6. The number of carbonyl (C=O) groups is 1. The lowest BCUT2D eigenvalue weighted by Crippen LogP contribution is -2.49. The molecule has 248 valence electrons. The van der Waals surface area contributed by atoms with Gasteiger partial charge in [0.1, 0.15) is 16.5 Å². The Labute approximate surface area is 280 Å². The number of para-hydroxylation sites is 2. The number of aryl methyl sites for hydroxylation is 1. The van der Waals surface area contributed by atoms with E-state index in [1.54, 1.807) is 24.3 Å². The van der Waals surface area contributed by atoms with E-state index in [2.05, 4.69) is 34.6 Å². The highest BCUT2D eigenvalue weighted by molar-refractivity contribution is 7.89. The monoisotopic (exact) mass is 677 g/mol. The summed E-state index contributed by atoms with van der Waals surface area (Å²) in [5.41, 5.74) is 3.45. The van der Waals surface area contributed by atoms with Crippen molar-refractivity contribution in [3.63, 3.8) is 0 Å². The van der Waals surface area contributed by atoms with Crippen LogP contribution in [0.3, 0.4) is 0 Å². The number of hydrogen-bond acceptors (Lipinski definition) is 5. The van der Waals surface area contributed by atoms with Crippen LogP contribution in [-0.2, 0) is 26.7 Å². The van der Waals surface area contributed by atoms with E-state index in [-0.39, 0.29) is 33.5 Å². The largest absolute Gasteiger partial charge is 0.342 e. The van der Waals surface area contributed by atoms with Crippen LogP contribution in [0.15, 0.2) is 71.6 Å². The average molecular weight is 678 g/mol. The molecule has 3 aliphatic rings. The van der Waals surface area contributed by atoms with E-state index in [4.69, 9.17) is 21.7 Å². The summed E-state index contributed by atoms with van der Waals surface area (Å²) >= 11 is 6.36. The van der Waals surface area contributed by atoms with Crippen molar-refractivity contribution in [3.8, 4) is 0 Å². The zero-order valence-electron chi connectivity index (χ0n) is 26.6. The summed E-state index contributed by atoms with van der Waals surface area (Å²) < 4.78 is 40.9. The number of primary sulfonamides is 1. The molecule has 8 nitrogen and oxygen atoms in total. The maximum Gasteiger partial charge on any atom is 0.239 e.